The first-order valence-corrected chi connectivity index (χ1v) is 8.35. The van der Waals surface area contributed by atoms with E-state index in [1.54, 1.807) is 0 Å². The van der Waals surface area contributed by atoms with Crippen molar-refractivity contribution in [3.63, 3.8) is 0 Å². The smallest absolute Gasteiger partial charge is 0.0385 e. The molecule has 1 aromatic rings. The molecule has 100 valence electrons. The molecule has 1 N–H and O–H groups in total. The van der Waals surface area contributed by atoms with Gasteiger partial charge in [0, 0.05) is 35.0 Å². The van der Waals surface area contributed by atoms with Crippen molar-refractivity contribution in [1.82, 2.24) is 5.32 Å². The highest BCUT2D eigenvalue weighted by Crippen LogP contribution is 2.31. The SMILES string of the molecule is CNC(C)c1ccc(N(C)C2CCSC2)cc1Br. The first-order chi connectivity index (χ1) is 8.63. The van der Waals surface area contributed by atoms with Crippen LogP contribution in [-0.4, -0.2) is 31.6 Å². The van der Waals surface area contributed by atoms with Gasteiger partial charge in [-0.1, -0.05) is 22.0 Å². The van der Waals surface area contributed by atoms with Crippen LogP contribution in [0.15, 0.2) is 22.7 Å². The fourth-order valence-electron chi connectivity index (χ4n) is 2.28. The fraction of sp³-hybridized carbons (Fsp3) is 0.571. The zero-order valence-corrected chi connectivity index (χ0v) is 13.6. The molecule has 1 aliphatic rings. The minimum atomic E-state index is 0.376. The topological polar surface area (TPSA) is 15.3 Å². The molecule has 2 rings (SSSR count). The molecule has 2 atom stereocenters. The summed E-state index contributed by atoms with van der Waals surface area (Å²) in [6.45, 7) is 2.18. The number of hydrogen-bond donors (Lipinski definition) is 1. The standard InChI is InChI=1S/C14H21BrN2S/c1-10(16-2)13-5-4-11(8-14(13)15)17(3)12-6-7-18-9-12/h4-5,8,10,12,16H,6-7,9H2,1-3H3. The van der Waals surface area contributed by atoms with Gasteiger partial charge in [-0.05, 0) is 43.8 Å². The molecule has 1 heterocycles. The van der Waals surface area contributed by atoms with Crippen molar-refractivity contribution in [2.24, 2.45) is 0 Å². The first kappa shape index (κ1) is 14.2. The molecule has 0 radical (unpaired) electrons. The largest absolute Gasteiger partial charge is 0.371 e. The Bertz CT molecular complexity index is 405. The van der Waals surface area contributed by atoms with Crippen molar-refractivity contribution in [2.45, 2.75) is 25.4 Å². The third-order valence-corrected chi connectivity index (χ3v) is 5.58. The van der Waals surface area contributed by atoms with Crippen molar-refractivity contribution in [3.8, 4) is 0 Å². The van der Waals surface area contributed by atoms with E-state index < -0.39 is 0 Å². The third kappa shape index (κ3) is 3.03. The Morgan fingerprint density at radius 2 is 2.28 bits per heavy atom. The highest BCUT2D eigenvalue weighted by molar-refractivity contribution is 9.10. The van der Waals surface area contributed by atoms with Crippen molar-refractivity contribution >= 4 is 33.4 Å². The molecule has 1 fully saturated rings. The molecule has 1 aromatic carbocycles. The number of halogens is 1. The number of thioether (sulfide) groups is 1. The van der Waals surface area contributed by atoms with Gasteiger partial charge in [-0.15, -0.1) is 0 Å². The molecule has 0 saturated carbocycles. The lowest BCUT2D eigenvalue weighted by Gasteiger charge is -2.27. The Morgan fingerprint density at radius 3 is 2.83 bits per heavy atom. The minimum Gasteiger partial charge on any atom is -0.371 e. The van der Waals surface area contributed by atoms with Gasteiger partial charge in [0.2, 0.25) is 0 Å². The van der Waals surface area contributed by atoms with E-state index in [-0.39, 0.29) is 0 Å². The summed E-state index contributed by atoms with van der Waals surface area (Å²) < 4.78 is 1.19. The molecule has 0 bridgehead atoms. The Kier molecular flexibility index (Phi) is 4.98. The molecular weight excluding hydrogens is 308 g/mol. The van der Waals surface area contributed by atoms with E-state index in [9.17, 15) is 0 Å². The number of benzene rings is 1. The fourth-order valence-corrected chi connectivity index (χ4v) is 4.26. The van der Waals surface area contributed by atoms with Crippen LogP contribution in [0.3, 0.4) is 0 Å². The summed E-state index contributed by atoms with van der Waals surface area (Å²) >= 11 is 5.75. The number of nitrogens with zero attached hydrogens (tertiary/aromatic N) is 1. The van der Waals surface area contributed by atoms with E-state index in [1.165, 1.54) is 33.7 Å². The highest BCUT2D eigenvalue weighted by Gasteiger charge is 2.21. The van der Waals surface area contributed by atoms with Crippen LogP contribution in [0.25, 0.3) is 0 Å². The van der Waals surface area contributed by atoms with Gasteiger partial charge in [0.05, 0.1) is 0 Å². The van der Waals surface area contributed by atoms with Crippen LogP contribution in [-0.2, 0) is 0 Å². The molecule has 1 aliphatic heterocycles. The molecule has 4 heteroatoms. The van der Waals surface area contributed by atoms with Gasteiger partial charge < -0.3 is 10.2 Å². The second-order valence-electron chi connectivity index (χ2n) is 4.84. The van der Waals surface area contributed by atoms with E-state index in [0.29, 0.717) is 12.1 Å². The van der Waals surface area contributed by atoms with Gasteiger partial charge in [0.25, 0.3) is 0 Å². The number of anilines is 1. The minimum absolute atomic E-state index is 0.376. The summed E-state index contributed by atoms with van der Waals surface area (Å²) in [5.41, 5.74) is 2.62. The summed E-state index contributed by atoms with van der Waals surface area (Å²) in [4.78, 5) is 2.42. The van der Waals surface area contributed by atoms with Crippen LogP contribution in [0.1, 0.15) is 24.9 Å². The molecule has 18 heavy (non-hydrogen) atoms. The zero-order chi connectivity index (χ0) is 13.1. The molecule has 0 spiro atoms. The van der Waals surface area contributed by atoms with Crippen molar-refractivity contribution < 1.29 is 0 Å². The summed E-state index contributed by atoms with van der Waals surface area (Å²) in [6.07, 6.45) is 1.30. The van der Waals surface area contributed by atoms with Gasteiger partial charge in [0.1, 0.15) is 0 Å². The van der Waals surface area contributed by atoms with Gasteiger partial charge in [-0.3, -0.25) is 0 Å². The summed E-state index contributed by atoms with van der Waals surface area (Å²) in [5, 5.41) is 3.28. The summed E-state index contributed by atoms with van der Waals surface area (Å²) in [7, 11) is 4.20. The Labute approximate surface area is 123 Å². The number of rotatable bonds is 4. The summed E-state index contributed by atoms with van der Waals surface area (Å²) in [6, 6.07) is 7.76. The summed E-state index contributed by atoms with van der Waals surface area (Å²) in [5.74, 6) is 2.55. The average Bonchev–Trinajstić information content (AvgIpc) is 2.90. The van der Waals surface area contributed by atoms with E-state index >= 15 is 0 Å². The van der Waals surface area contributed by atoms with Gasteiger partial charge in [-0.25, -0.2) is 0 Å². The monoisotopic (exact) mass is 328 g/mol. The second-order valence-corrected chi connectivity index (χ2v) is 6.85. The normalized spacial score (nSPS) is 21.0. The average molecular weight is 329 g/mol. The van der Waals surface area contributed by atoms with Crippen LogP contribution in [0, 0.1) is 0 Å². The van der Waals surface area contributed by atoms with E-state index in [4.69, 9.17) is 0 Å². The molecule has 2 nitrogen and oxygen atoms in total. The maximum Gasteiger partial charge on any atom is 0.0385 e. The Hall–Kier alpha value is -0.190. The Morgan fingerprint density at radius 1 is 1.50 bits per heavy atom. The predicted molar refractivity (Wildman–Crippen MR) is 85.7 cm³/mol. The van der Waals surface area contributed by atoms with Gasteiger partial charge >= 0.3 is 0 Å². The van der Waals surface area contributed by atoms with E-state index in [0.717, 1.165) is 0 Å². The van der Waals surface area contributed by atoms with E-state index in [2.05, 4.69) is 70.1 Å². The van der Waals surface area contributed by atoms with Crippen LogP contribution in [0.2, 0.25) is 0 Å². The third-order valence-electron chi connectivity index (χ3n) is 3.74. The number of hydrogen-bond acceptors (Lipinski definition) is 3. The lowest BCUT2D eigenvalue weighted by atomic mass is 10.1. The quantitative estimate of drug-likeness (QED) is 0.907. The van der Waals surface area contributed by atoms with Crippen molar-refractivity contribution in [3.05, 3.63) is 28.2 Å². The number of nitrogens with one attached hydrogen (secondary N) is 1. The lowest BCUT2D eigenvalue weighted by molar-refractivity contribution is 0.648. The molecule has 0 amide bonds. The first-order valence-electron chi connectivity index (χ1n) is 6.40. The highest BCUT2D eigenvalue weighted by atomic mass is 79.9. The van der Waals surface area contributed by atoms with Crippen molar-refractivity contribution in [2.75, 3.05) is 30.5 Å². The molecule has 1 saturated heterocycles. The van der Waals surface area contributed by atoms with Crippen LogP contribution in [0.5, 0.6) is 0 Å². The maximum atomic E-state index is 3.69. The predicted octanol–water partition coefficient (Wildman–Crippen LogP) is 3.67. The van der Waals surface area contributed by atoms with Gasteiger partial charge in [0.15, 0.2) is 0 Å². The lowest BCUT2D eigenvalue weighted by Crippen LogP contribution is -2.31. The van der Waals surface area contributed by atoms with Crippen molar-refractivity contribution in [1.29, 1.82) is 0 Å². The van der Waals surface area contributed by atoms with Crippen LogP contribution in [0.4, 0.5) is 5.69 Å². The zero-order valence-electron chi connectivity index (χ0n) is 11.2. The van der Waals surface area contributed by atoms with Gasteiger partial charge in [-0.2, -0.15) is 11.8 Å². The molecule has 2 unspecified atom stereocenters. The maximum absolute atomic E-state index is 3.69. The van der Waals surface area contributed by atoms with Crippen LogP contribution >= 0.6 is 27.7 Å². The molecule has 0 aromatic heterocycles. The van der Waals surface area contributed by atoms with E-state index in [1.807, 2.05) is 7.05 Å². The van der Waals surface area contributed by atoms with Crippen LogP contribution < -0.4 is 10.2 Å². The molecule has 0 aliphatic carbocycles. The molecular formula is C14H21BrN2S. The Balaban J connectivity index is 2.17. The second kappa shape index (κ2) is 6.31.